The zero-order valence-corrected chi connectivity index (χ0v) is 14.1. The number of nitrogens with one attached hydrogen (secondary N) is 2. The number of hydrogen-bond donors (Lipinski definition) is 2. The number of benzene rings is 1. The monoisotopic (exact) mass is 342 g/mol. The lowest BCUT2D eigenvalue weighted by atomic mass is 10.1. The maximum absolute atomic E-state index is 11.6. The van der Waals surface area contributed by atoms with E-state index in [4.69, 9.17) is 4.74 Å². The number of ether oxygens (including phenoxy) is 1. The second-order valence-electron chi connectivity index (χ2n) is 4.97. The van der Waals surface area contributed by atoms with E-state index in [-0.39, 0.29) is 24.6 Å². The minimum absolute atomic E-state index is 0.0334. The Morgan fingerprint density at radius 2 is 2.05 bits per heavy atom. The molecule has 2 N–H and O–H groups in total. The van der Waals surface area contributed by atoms with Crippen LogP contribution in [0.2, 0.25) is 0 Å². The molecule has 5 heteroatoms. The minimum atomic E-state index is -0.107. The molecule has 0 aromatic heterocycles. The molecule has 0 spiro atoms. The average Bonchev–Trinajstić information content (AvgIpc) is 2.36. The second kappa shape index (κ2) is 8.27. The van der Waals surface area contributed by atoms with Gasteiger partial charge >= 0.3 is 0 Å². The highest BCUT2D eigenvalue weighted by atomic mass is 79.9. The molecule has 0 aliphatic carbocycles. The summed E-state index contributed by atoms with van der Waals surface area (Å²) < 4.78 is 6.65. The zero-order chi connectivity index (χ0) is 15.1. The van der Waals surface area contributed by atoms with E-state index < -0.39 is 0 Å². The Labute approximate surface area is 129 Å². The Hall–Kier alpha value is -1.07. The zero-order valence-electron chi connectivity index (χ0n) is 12.5. The number of carbonyl (C=O) groups excluding carboxylic acids is 1. The molecule has 1 unspecified atom stereocenters. The van der Waals surface area contributed by atoms with Gasteiger partial charge in [-0.25, -0.2) is 0 Å². The van der Waals surface area contributed by atoms with Gasteiger partial charge in [0.2, 0.25) is 0 Å². The van der Waals surface area contributed by atoms with Gasteiger partial charge in [-0.2, -0.15) is 0 Å². The highest BCUT2D eigenvalue weighted by Gasteiger charge is 2.13. The summed E-state index contributed by atoms with van der Waals surface area (Å²) >= 11 is 3.47. The molecule has 0 saturated carbocycles. The molecule has 1 aromatic carbocycles. The number of hydrogen-bond acceptors (Lipinski definition) is 3. The van der Waals surface area contributed by atoms with E-state index in [1.807, 2.05) is 32.0 Å². The van der Waals surface area contributed by atoms with Crippen molar-refractivity contribution < 1.29 is 9.53 Å². The quantitative estimate of drug-likeness (QED) is 0.800. The second-order valence-corrected chi connectivity index (χ2v) is 5.89. The maximum atomic E-state index is 11.6. The first kappa shape index (κ1) is 17.0. The van der Waals surface area contributed by atoms with Gasteiger partial charge in [-0.1, -0.05) is 22.9 Å². The number of carbonyl (C=O) groups is 1. The molecule has 20 heavy (non-hydrogen) atoms. The van der Waals surface area contributed by atoms with Gasteiger partial charge in [-0.05, 0) is 45.5 Å². The van der Waals surface area contributed by atoms with Crippen molar-refractivity contribution >= 4 is 21.8 Å². The van der Waals surface area contributed by atoms with Crippen molar-refractivity contribution in [3.8, 4) is 5.75 Å². The van der Waals surface area contributed by atoms with Gasteiger partial charge in [0.1, 0.15) is 5.75 Å². The summed E-state index contributed by atoms with van der Waals surface area (Å²) in [6.45, 7) is 8.90. The third kappa shape index (κ3) is 5.51. The van der Waals surface area contributed by atoms with E-state index in [2.05, 4.69) is 40.4 Å². The lowest BCUT2D eigenvalue weighted by molar-refractivity contribution is -0.123. The molecule has 1 aromatic rings. The van der Waals surface area contributed by atoms with E-state index in [9.17, 15) is 4.79 Å². The Balaban J connectivity index is 2.76. The smallest absolute Gasteiger partial charge is 0.258 e. The molecule has 0 heterocycles. The van der Waals surface area contributed by atoms with E-state index >= 15 is 0 Å². The molecule has 0 fully saturated rings. The standard InChI is InChI=1S/C15H23BrN2O2/c1-5-17-11(4)13-8-12(16)6-7-14(13)20-9-15(19)18-10(2)3/h6-8,10-11,17H,5,9H2,1-4H3,(H,18,19). The van der Waals surface area contributed by atoms with Crippen LogP contribution in [0.5, 0.6) is 5.75 Å². The van der Waals surface area contributed by atoms with Crippen molar-refractivity contribution in [1.82, 2.24) is 10.6 Å². The maximum Gasteiger partial charge on any atom is 0.258 e. The summed E-state index contributed by atoms with van der Waals surface area (Å²) in [6, 6.07) is 6.10. The summed E-state index contributed by atoms with van der Waals surface area (Å²) in [5, 5.41) is 6.16. The molecule has 0 bridgehead atoms. The number of rotatable bonds is 7. The first-order valence-electron chi connectivity index (χ1n) is 6.89. The van der Waals surface area contributed by atoms with E-state index in [0.29, 0.717) is 0 Å². The summed E-state index contributed by atoms with van der Waals surface area (Å²) in [5.74, 6) is 0.630. The minimum Gasteiger partial charge on any atom is -0.483 e. The van der Waals surface area contributed by atoms with Crippen molar-refractivity contribution in [3.63, 3.8) is 0 Å². The number of halogens is 1. The predicted octanol–water partition coefficient (Wildman–Crippen LogP) is 3.02. The van der Waals surface area contributed by atoms with Gasteiger partial charge in [-0.3, -0.25) is 4.79 Å². The van der Waals surface area contributed by atoms with Crippen LogP contribution in [-0.4, -0.2) is 25.1 Å². The average molecular weight is 343 g/mol. The van der Waals surface area contributed by atoms with Crippen LogP contribution in [0.15, 0.2) is 22.7 Å². The Morgan fingerprint density at radius 1 is 1.35 bits per heavy atom. The number of amides is 1. The highest BCUT2D eigenvalue weighted by molar-refractivity contribution is 9.10. The summed E-state index contributed by atoms with van der Waals surface area (Å²) in [4.78, 5) is 11.6. The third-order valence-electron chi connectivity index (χ3n) is 2.76. The van der Waals surface area contributed by atoms with Crippen LogP contribution in [0.25, 0.3) is 0 Å². The van der Waals surface area contributed by atoms with Gasteiger partial charge in [0.05, 0.1) is 0 Å². The van der Waals surface area contributed by atoms with Crippen molar-refractivity contribution in [1.29, 1.82) is 0 Å². The normalized spacial score (nSPS) is 12.3. The summed E-state index contributed by atoms with van der Waals surface area (Å²) in [6.07, 6.45) is 0. The molecule has 4 nitrogen and oxygen atoms in total. The lowest BCUT2D eigenvalue weighted by Crippen LogP contribution is -2.34. The van der Waals surface area contributed by atoms with Crippen LogP contribution in [-0.2, 0) is 4.79 Å². The first-order chi connectivity index (χ1) is 9.43. The molecule has 0 radical (unpaired) electrons. The molecule has 1 amide bonds. The third-order valence-corrected chi connectivity index (χ3v) is 3.25. The molecule has 112 valence electrons. The van der Waals surface area contributed by atoms with Crippen LogP contribution in [0.1, 0.15) is 39.3 Å². The van der Waals surface area contributed by atoms with Gasteiger partial charge in [-0.15, -0.1) is 0 Å². The largest absolute Gasteiger partial charge is 0.483 e. The Bertz CT molecular complexity index is 449. The first-order valence-corrected chi connectivity index (χ1v) is 7.68. The van der Waals surface area contributed by atoms with Crippen LogP contribution >= 0.6 is 15.9 Å². The Morgan fingerprint density at radius 3 is 2.65 bits per heavy atom. The SMILES string of the molecule is CCNC(C)c1cc(Br)ccc1OCC(=O)NC(C)C. The summed E-state index contributed by atoms with van der Waals surface area (Å²) in [5.41, 5.74) is 1.04. The van der Waals surface area contributed by atoms with E-state index in [0.717, 1.165) is 22.3 Å². The highest BCUT2D eigenvalue weighted by Crippen LogP contribution is 2.28. The van der Waals surface area contributed by atoms with Gasteiger partial charge < -0.3 is 15.4 Å². The fraction of sp³-hybridized carbons (Fsp3) is 0.533. The van der Waals surface area contributed by atoms with Crippen LogP contribution in [0.3, 0.4) is 0 Å². The predicted molar refractivity (Wildman–Crippen MR) is 85.0 cm³/mol. The van der Waals surface area contributed by atoms with Crippen molar-refractivity contribution in [2.75, 3.05) is 13.2 Å². The molecular formula is C15H23BrN2O2. The van der Waals surface area contributed by atoms with Crippen LogP contribution in [0.4, 0.5) is 0 Å². The van der Waals surface area contributed by atoms with Gasteiger partial charge in [0.15, 0.2) is 6.61 Å². The van der Waals surface area contributed by atoms with Gasteiger partial charge in [0.25, 0.3) is 5.91 Å². The molecule has 1 atom stereocenters. The molecular weight excluding hydrogens is 320 g/mol. The van der Waals surface area contributed by atoms with E-state index in [1.54, 1.807) is 0 Å². The Kier molecular flexibility index (Phi) is 7.02. The van der Waals surface area contributed by atoms with Crippen molar-refractivity contribution in [2.45, 2.75) is 39.8 Å². The molecule has 1 rings (SSSR count). The summed E-state index contributed by atoms with van der Waals surface area (Å²) in [7, 11) is 0. The fourth-order valence-electron chi connectivity index (χ4n) is 1.91. The van der Waals surface area contributed by atoms with Gasteiger partial charge in [0, 0.05) is 22.1 Å². The van der Waals surface area contributed by atoms with Crippen LogP contribution < -0.4 is 15.4 Å². The van der Waals surface area contributed by atoms with Crippen LogP contribution in [0, 0.1) is 0 Å². The molecule has 0 aliphatic heterocycles. The van der Waals surface area contributed by atoms with Crippen molar-refractivity contribution in [3.05, 3.63) is 28.2 Å². The van der Waals surface area contributed by atoms with Crippen molar-refractivity contribution in [2.24, 2.45) is 0 Å². The fourth-order valence-corrected chi connectivity index (χ4v) is 2.29. The molecule has 0 saturated heterocycles. The molecule has 0 aliphatic rings. The van der Waals surface area contributed by atoms with E-state index in [1.165, 1.54) is 0 Å². The lowest BCUT2D eigenvalue weighted by Gasteiger charge is -2.18. The topological polar surface area (TPSA) is 50.4 Å².